The lowest BCUT2D eigenvalue weighted by atomic mass is 10.1. The number of nitrogens with one attached hydrogen (secondary N) is 1. The summed E-state index contributed by atoms with van der Waals surface area (Å²) in [7, 11) is 0. The minimum Gasteiger partial charge on any atom is -0.466 e. The minimum atomic E-state index is -0.0965. The Morgan fingerprint density at radius 2 is 2.20 bits per heavy atom. The van der Waals surface area contributed by atoms with Crippen LogP contribution in [0, 0.1) is 13.8 Å². The van der Waals surface area contributed by atoms with Gasteiger partial charge in [0.25, 0.3) is 0 Å². The smallest absolute Gasteiger partial charge is 0.326 e. The van der Waals surface area contributed by atoms with Gasteiger partial charge in [0, 0.05) is 18.0 Å². The van der Waals surface area contributed by atoms with Gasteiger partial charge in [-0.15, -0.1) is 0 Å². The van der Waals surface area contributed by atoms with Gasteiger partial charge >= 0.3 is 5.69 Å². The maximum atomic E-state index is 11.4. The number of aryl methyl sites for hydroxylation is 2. The Hall–Kier alpha value is -1.71. The molecule has 2 aromatic heterocycles. The van der Waals surface area contributed by atoms with E-state index in [1.807, 2.05) is 26.8 Å². The summed E-state index contributed by atoms with van der Waals surface area (Å²) < 4.78 is 7.10. The molecule has 1 atom stereocenters. The molecule has 15 heavy (non-hydrogen) atoms. The minimum absolute atomic E-state index is 0.00111. The molecule has 1 unspecified atom stereocenters. The van der Waals surface area contributed by atoms with Crippen molar-refractivity contribution >= 4 is 0 Å². The second kappa shape index (κ2) is 3.46. The molecule has 0 fully saturated rings. The van der Waals surface area contributed by atoms with Crippen molar-refractivity contribution < 1.29 is 4.42 Å². The number of H-pyrrole nitrogens is 1. The van der Waals surface area contributed by atoms with Crippen molar-refractivity contribution in [3.05, 3.63) is 46.0 Å². The van der Waals surface area contributed by atoms with E-state index in [0.29, 0.717) is 0 Å². The van der Waals surface area contributed by atoms with Crippen LogP contribution in [0.25, 0.3) is 0 Å². The van der Waals surface area contributed by atoms with Gasteiger partial charge < -0.3 is 9.40 Å². The number of hydrogen-bond donors (Lipinski definition) is 1. The zero-order valence-electron chi connectivity index (χ0n) is 9.07. The highest BCUT2D eigenvalue weighted by atomic mass is 16.3. The quantitative estimate of drug-likeness (QED) is 0.817. The largest absolute Gasteiger partial charge is 0.466 e. The Morgan fingerprint density at radius 1 is 1.47 bits per heavy atom. The number of furan rings is 1. The summed E-state index contributed by atoms with van der Waals surface area (Å²) in [5.41, 5.74) is 0.954. The Labute approximate surface area is 87.5 Å². The first-order valence-electron chi connectivity index (χ1n) is 4.92. The van der Waals surface area contributed by atoms with E-state index in [1.165, 1.54) is 0 Å². The number of aromatic amines is 1. The average Bonchev–Trinajstić information content (AvgIpc) is 2.71. The fourth-order valence-corrected chi connectivity index (χ4v) is 1.85. The van der Waals surface area contributed by atoms with Crippen LogP contribution in [-0.2, 0) is 0 Å². The summed E-state index contributed by atoms with van der Waals surface area (Å²) in [6.07, 6.45) is 3.38. The molecule has 0 aliphatic heterocycles. The van der Waals surface area contributed by atoms with Gasteiger partial charge in [0.15, 0.2) is 0 Å². The van der Waals surface area contributed by atoms with Crippen LogP contribution >= 0.6 is 0 Å². The number of nitrogens with zero attached hydrogens (tertiary/aromatic N) is 1. The van der Waals surface area contributed by atoms with Crippen LogP contribution in [0.5, 0.6) is 0 Å². The summed E-state index contributed by atoms with van der Waals surface area (Å²) in [6, 6.07) is 1.97. The highest BCUT2D eigenvalue weighted by Crippen LogP contribution is 2.23. The SMILES string of the molecule is Cc1cc(C(C)n2cc[nH]c2=O)c(C)o1. The van der Waals surface area contributed by atoms with Crippen molar-refractivity contribution in [2.75, 3.05) is 0 Å². The molecule has 0 spiro atoms. The van der Waals surface area contributed by atoms with Gasteiger partial charge in [-0.05, 0) is 26.8 Å². The first-order chi connectivity index (χ1) is 7.09. The fraction of sp³-hybridized carbons (Fsp3) is 0.364. The molecule has 0 saturated carbocycles. The van der Waals surface area contributed by atoms with E-state index < -0.39 is 0 Å². The Morgan fingerprint density at radius 3 is 2.67 bits per heavy atom. The summed E-state index contributed by atoms with van der Waals surface area (Å²) >= 11 is 0. The summed E-state index contributed by atoms with van der Waals surface area (Å²) in [6.45, 7) is 5.80. The number of rotatable bonds is 2. The van der Waals surface area contributed by atoms with E-state index in [1.54, 1.807) is 17.0 Å². The van der Waals surface area contributed by atoms with Gasteiger partial charge in [-0.2, -0.15) is 0 Å². The predicted molar refractivity (Wildman–Crippen MR) is 57.0 cm³/mol. The van der Waals surface area contributed by atoms with E-state index in [9.17, 15) is 4.79 Å². The van der Waals surface area contributed by atoms with E-state index in [2.05, 4.69) is 4.98 Å². The maximum Gasteiger partial charge on any atom is 0.326 e. The first kappa shape index (κ1) is 9.83. The van der Waals surface area contributed by atoms with Crippen LogP contribution in [0.4, 0.5) is 0 Å². The lowest BCUT2D eigenvalue weighted by molar-refractivity contribution is 0.493. The van der Waals surface area contributed by atoms with Crippen LogP contribution in [0.1, 0.15) is 30.0 Å². The molecule has 4 heteroatoms. The van der Waals surface area contributed by atoms with Gasteiger partial charge in [-0.1, -0.05) is 0 Å². The highest BCUT2D eigenvalue weighted by Gasteiger charge is 2.15. The highest BCUT2D eigenvalue weighted by molar-refractivity contribution is 5.24. The summed E-state index contributed by atoms with van der Waals surface area (Å²) in [5.74, 6) is 1.74. The number of hydrogen-bond acceptors (Lipinski definition) is 2. The van der Waals surface area contributed by atoms with Gasteiger partial charge in [0.1, 0.15) is 11.5 Å². The molecule has 4 nitrogen and oxygen atoms in total. The zero-order chi connectivity index (χ0) is 11.0. The lowest BCUT2D eigenvalue weighted by Crippen LogP contribution is -2.20. The van der Waals surface area contributed by atoms with Crippen molar-refractivity contribution in [1.29, 1.82) is 0 Å². The Kier molecular flexibility index (Phi) is 2.26. The molecule has 2 aromatic rings. The topological polar surface area (TPSA) is 50.9 Å². The number of aromatic nitrogens is 2. The molecular formula is C11H14N2O2. The average molecular weight is 206 g/mol. The molecule has 0 saturated heterocycles. The van der Waals surface area contributed by atoms with Crippen molar-refractivity contribution in [3.63, 3.8) is 0 Å². The lowest BCUT2D eigenvalue weighted by Gasteiger charge is -2.10. The van der Waals surface area contributed by atoms with E-state index in [-0.39, 0.29) is 11.7 Å². The Bertz CT molecular complexity index is 519. The van der Waals surface area contributed by atoms with Crippen molar-refractivity contribution in [2.24, 2.45) is 0 Å². The fourth-order valence-electron chi connectivity index (χ4n) is 1.85. The van der Waals surface area contributed by atoms with E-state index >= 15 is 0 Å². The molecule has 0 aromatic carbocycles. The molecule has 2 heterocycles. The zero-order valence-corrected chi connectivity index (χ0v) is 9.07. The third kappa shape index (κ3) is 1.63. The van der Waals surface area contributed by atoms with Crippen LogP contribution < -0.4 is 5.69 Å². The van der Waals surface area contributed by atoms with Gasteiger partial charge in [-0.3, -0.25) is 4.57 Å². The van der Waals surface area contributed by atoms with Crippen LogP contribution in [0.15, 0.2) is 27.7 Å². The molecule has 0 aliphatic rings. The second-order valence-electron chi connectivity index (χ2n) is 3.72. The molecule has 0 aliphatic carbocycles. The summed E-state index contributed by atoms with van der Waals surface area (Å²) in [4.78, 5) is 14.1. The molecule has 2 rings (SSSR count). The normalized spacial score (nSPS) is 13.0. The van der Waals surface area contributed by atoms with Gasteiger partial charge in [-0.25, -0.2) is 4.79 Å². The molecule has 0 amide bonds. The van der Waals surface area contributed by atoms with E-state index in [0.717, 1.165) is 17.1 Å². The Balaban J connectivity index is 2.45. The number of imidazole rings is 1. The molecule has 0 bridgehead atoms. The second-order valence-corrected chi connectivity index (χ2v) is 3.72. The first-order valence-corrected chi connectivity index (χ1v) is 4.92. The molecule has 1 N–H and O–H groups in total. The standard InChI is InChI=1S/C11H14N2O2/c1-7-6-10(9(3)15-7)8(2)13-5-4-12-11(13)14/h4-6,8H,1-3H3,(H,12,14). The maximum absolute atomic E-state index is 11.4. The van der Waals surface area contributed by atoms with Crippen molar-refractivity contribution in [3.8, 4) is 0 Å². The van der Waals surface area contributed by atoms with Crippen molar-refractivity contribution in [2.45, 2.75) is 26.8 Å². The molecule has 0 radical (unpaired) electrons. The molecular weight excluding hydrogens is 192 g/mol. The predicted octanol–water partition coefficient (Wildman–Crippen LogP) is 2.00. The van der Waals surface area contributed by atoms with Gasteiger partial charge in [0.2, 0.25) is 0 Å². The van der Waals surface area contributed by atoms with Crippen LogP contribution in [-0.4, -0.2) is 9.55 Å². The van der Waals surface area contributed by atoms with Crippen molar-refractivity contribution in [1.82, 2.24) is 9.55 Å². The van der Waals surface area contributed by atoms with E-state index in [4.69, 9.17) is 4.42 Å². The van der Waals surface area contributed by atoms with Gasteiger partial charge in [0.05, 0.1) is 6.04 Å². The third-order valence-electron chi connectivity index (χ3n) is 2.62. The van der Waals surface area contributed by atoms with Crippen LogP contribution in [0.2, 0.25) is 0 Å². The third-order valence-corrected chi connectivity index (χ3v) is 2.62. The van der Waals surface area contributed by atoms with Crippen LogP contribution in [0.3, 0.4) is 0 Å². The summed E-state index contributed by atoms with van der Waals surface area (Å²) in [5, 5.41) is 0. The molecule has 80 valence electrons. The monoisotopic (exact) mass is 206 g/mol.